The molecule has 0 aromatic carbocycles. The van der Waals surface area contributed by atoms with Gasteiger partial charge in [0, 0.05) is 12.7 Å². The molecular weight excluding hydrogens is 196 g/mol. The molecule has 0 aliphatic rings. The number of aromatic amines is 1. The Morgan fingerprint density at radius 3 is 2.93 bits per heavy atom. The van der Waals surface area contributed by atoms with E-state index in [1.165, 1.54) is 6.20 Å². The largest absolute Gasteiger partial charge is 0.477 e. The Hall–Kier alpha value is -2.11. The fourth-order valence-electron chi connectivity index (χ4n) is 1.24. The number of H-pyrrole nitrogens is 1. The lowest BCUT2D eigenvalue weighted by molar-refractivity contribution is 0.0691. The number of carboxylic acid groups (broad SMARTS) is 1. The summed E-state index contributed by atoms with van der Waals surface area (Å²) >= 11 is 0. The Labute approximate surface area is 85.6 Å². The summed E-state index contributed by atoms with van der Waals surface area (Å²) in [5.74, 6) is -0.497. The number of carboxylic acids is 1. The van der Waals surface area contributed by atoms with Crippen molar-refractivity contribution in [3.63, 3.8) is 0 Å². The molecule has 0 saturated carbocycles. The first-order valence-electron chi connectivity index (χ1n) is 4.52. The van der Waals surface area contributed by atoms with Gasteiger partial charge < -0.3 is 10.1 Å². The number of nitrogens with zero attached hydrogens (tertiary/aromatic N) is 3. The summed E-state index contributed by atoms with van der Waals surface area (Å²) in [5.41, 5.74) is 0.860. The second-order valence-corrected chi connectivity index (χ2v) is 3.04. The molecule has 0 bridgehead atoms. The number of rotatable bonds is 3. The topological polar surface area (TPSA) is 83.8 Å². The van der Waals surface area contributed by atoms with E-state index in [4.69, 9.17) is 5.11 Å². The van der Waals surface area contributed by atoms with E-state index in [1.807, 2.05) is 13.1 Å². The molecule has 6 nitrogen and oxygen atoms in total. The second-order valence-electron chi connectivity index (χ2n) is 3.04. The van der Waals surface area contributed by atoms with Gasteiger partial charge in [0.25, 0.3) is 0 Å². The van der Waals surface area contributed by atoms with Crippen LogP contribution in [0.5, 0.6) is 0 Å². The van der Waals surface area contributed by atoms with Gasteiger partial charge in [-0.1, -0.05) is 0 Å². The highest BCUT2D eigenvalue weighted by Crippen LogP contribution is 2.14. The molecule has 0 fully saturated rings. The summed E-state index contributed by atoms with van der Waals surface area (Å²) in [7, 11) is 0. The summed E-state index contributed by atoms with van der Waals surface area (Å²) in [6, 6.07) is 0. The molecule has 0 unspecified atom stereocenters. The van der Waals surface area contributed by atoms with Gasteiger partial charge >= 0.3 is 5.97 Å². The maximum absolute atomic E-state index is 10.6. The van der Waals surface area contributed by atoms with E-state index in [-0.39, 0.29) is 5.69 Å². The van der Waals surface area contributed by atoms with Gasteiger partial charge in [0.2, 0.25) is 0 Å². The molecule has 2 aromatic rings. The molecule has 2 rings (SSSR count). The minimum atomic E-state index is -1.02. The van der Waals surface area contributed by atoms with Crippen molar-refractivity contribution in [2.45, 2.75) is 13.5 Å². The third-order valence-corrected chi connectivity index (χ3v) is 2.04. The van der Waals surface area contributed by atoms with Gasteiger partial charge in [-0.3, -0.25) is 4.68 Å². The number of aryl methyl sites for hydroxylation is 1. The minimum absolute atomic E-state index is 0.0780. The zero-order valence-electron chi connectivity index (χ0n) is 8.14. The van der Waals surface area contributed by atoms with Crippen molar-refractivity contribution in [2.75, 3.05) is 0 Å². The Bertz CT molecular complexity index is 486. The summed E-state index contributed by atoms with van der Waals surface area (Å²) < 4.78 is 1.75. The third kappa shape index (κ3) is 1.74. The molecular formula is C9H10N4O2. The zero-order valence-corrected chi connectivity index (χ0v) is 8.14. The zero-order chi connectivity index (χ0) is 10.8. The first kappa shape index (κ1) is 9.45. The average molecular weight is 206 g/mol. The highest BCUT2D eigenvalue weighted by atomic mass is 16.4. The highest BCUT2D eigenvalue weighted by Gasteiger charge is 2.09. The molecule has 2 N–H and O–H groups in total. The fourth-order valence-corrected chi connectivity index (χ4v) is 1.24. The lowest BCUT2D eigenvalue weighted by Gasteiger charge is -1.91. The van der Waals surface area contributed by atoms with E-state index < -0.39 is 5.97 Å². The van der Waals surface area contributed by atoms with Crippen LogP contribution in [0.25, 0.3) is 11.4 Å². The van der Waals surface area contributed by atoms with Gasteiger partial charge in [-0.25, -0.2) is 9.78 Å². The Balaban J connectivity index is 2.32. The molecule has 0 saturated heterocycles. The molecule has 2 heterocycles. The minimum Gasteiger partial charge on any atom is -0.477 e. The number of carbonyl (C=O) groups is 1. The van der Waals surface area contributed by atoms with Crippen LogP contribution in [-0.4, -0.2) is 30.8 Å². The molecule has 6 heteroatoms. The quantitative estimate of drug-likeness (QED) is 0.784. The van der Waals surface area contributed by atoms with E-state index in [0.717, 1.165) is 12.1 Å². The first-order chi connectivity index (χ1) is 7.20. The van der Waals surface area contributed by atoms with Gasteiger partial charge in [0.1, 0.15) is 11.5 Å². The summed E-state index contributed by atoms with van der Waals surface area (Å²) in [5, 5.41) is 12.8. The Morgan fingerprint density at radius 1 is 1.60 bits per heavy atom. The van der Waals surface area contributed by atoms with Crippen LogP contribution in [0.2, 0.25) is 0 Å². The van der Waals surface area contributed by atoms with Crippen molar-refractivity contribution in [2.24, 2.45) is 0 Å². The van der Waals surface area contributed by atoms with Crippen molar-refractivity contribution in [3.05, 3.63) is 24.3 Å². The normalized spacial score (nSPS) is 10.5. The van der Waals surface area contributed by atoms with Gasteiger partial charge in [-0.15, -0.1) is 0 Å². The van der Waals surface area contributed by atoms with E-state index >= 15 is 0 Å². The molecule has 2 aromatic heterocycles. The van der Waals surface area contributed by atoms with Crippen LogP contribution in [0.4, 0.5) is 0 Å². The van der Waals surface area contributed by atoms with Crippen molar-refractivity contribution in [1.82, 2.24) is 19.7 Å². The van der Waals surface area contributed by atoms with Crippen molar-refractivity contribution in [3.8, 4) is 11.4 Å². The monoisotopic (exact) mass is 206 g/mol. The van der Waals surface area contributed by atoms with Crippen LogP contribution in [0.1, 0.15) is 17.4 Å². The highest BCUT2D eigenvalue weighted by molar-refractivity contribution is 5.85. The molecule has 78 valence electrons. The maximum atomic E-state index is 10.6. The Morgan fingerprint density at radius 2 is 2.40 bits per heavy atom. The summed E-state index contributed by atoms with van der Waals surface area (Å²) in [6.07, 6.45) is 4.75. The van der Waals surface area contributed by atoms with Gasteiger partial charge in [0.05, 0.1) is 18.0 Å². The smallest absolute Gasteiger partial charge is 0.353 e. The first-order valence-corrected chi connectivity index (χ1v) is 4.52. The molecule has 0 aliphatic heterocycles. The number of nitrogens with one attached hydrogen (secondary N) is 1. The summed E-state index contributed by atoms with van der Waals surface area (Å²) in [6.45, 7) is 2.74. The molecule has 15 heavy (non-hydrogen) atoms. The fraction of sp³-hybridized carbons (Fsp3) is 0.222. The van der Waals surface area contributed by atoms with Crippen LogP contribution in [0.3, 0.4) is 0 Å². The number of imidazole rings is 1. The lowest BCUT2D eigenvalue weighted by Crippen LogP contribution is -1.95. The number of hydrogen-bond donors (Lipinski definition) is 2. The van der Waals surface area contributed by atoms with Crippen LogP contribution < -0.4 is 0 Å². The summed E-state index contributed by atoms with van der Waals surface area (Å²) in [4.78, 5) is 17.3. The number of aromatic carboxylic acids is 1. The number of hydrogen-bond acceptors (Lipinski definition) is 3. The average Bonchev–Trinajstić information content (AvgIpc) is 2.86. The van der Waals surface area contributed by atoms with Gasteiger partial charge in [-0.2, -0.15) is 5.10 Å². The van der Waals surface area contributed by atoms with E-state index in [2.05, 4.69) is 15.1 Å². The second kappa shape index (κ2) is 3.56. The van der Waals surface area contributed by atoms with Crippen molar-refractivity contribution in [1.29, 1.82) is 0 Å². The lowest BCUT2D eigenvalue weighted by atomic mass is 10.3. The van der Waals surface area contributed by atoms with Crippen LogP contribution in [0, 0.1) is 0 Å². The standard InChI is InChI=1S/C9H10N4O2/c1-2-13-5-6(3-11-13)8-10-4-7(12-8)9(14)15/h3-5H,2H2,1H3,(H,10,12)(H,14,15). The molecule has 0 aliphatic carbocycles. The predicted molar refractivity (Wildman–Crippen MR) is 52.4 cm³/mol. The number of aromatic nitrogens is 4. The van der Waals surface area contributed by atoms with Crippen LogP contribution >= 0.6 is 0 Å². The molecule has 0 radical (unpaired) electrons. The van der Waals surface area contributed by atoms with E-state index in [9.17, 15) is 4.79 Å². The van der Waals surface area contributed by atoms with E-state index in [0.29, 0.717) is 5.82 Å². The SMILES string of the molecule is CCn1cc(-c2ncc(C(=O)O)[nH]2)cn1. The third-order valence-electron chi connectivity index (χ3n) is 2.04. The molecule has 0 amide bonds. The van der Waals surface area contributed by atoms with Crippen molar-refractivity contribution >= 4 is 5.97 Å². The van der Waals surface area contributed by atoms with Gasteiger partial charge in [-0.05, 0) is 6.92 Å². The van der Waals surface area contributed by atoms with E-state index in [1.54, 1.807) is 10.9 Å². The van der Waals surface area contributed by atoms with Crippen molar-refractivity contribution < 1.29 is 9.90 Å². The van der Waals surface area contributed by atoms with Crippen LogP contribution in [-0.2, 0) is 6.54 Å². The maximum Gasteiger partial charge on any atom is 0.353 e. The predicted octanol–water partition coefficient (Wildman–Crippen LogP) is 0.991. The van der Waals surface area contributed by atoms with Gasteiger partial charge in [0.15, 0.2) is 0 Å². The Kier molecular flexibility index (Phi) is 2.24. The molecule has 0 spiro atoms. The van der Waals surface area contributed by atoms with Crippen LogP contribution in [0.15, 0.2) is 18.6 Å². The molecule has 0 atom stereocenters.